The zero-order valence-corrected chi connectivity index (χ0v) is 12.9. The summed E-state index contributed by atoms with van der Waals surface area (Å²) >= 11 is 1.49. The maximum absolute atomic E-state index is 11.9. The normalized spacial score (nSPS) is 12.0. The molecule has 1 aromatic carbocycles. The van der Waals surface area contributed by atoms with E-state index in [1.165, 1.54) is 11.3 Å². The zero-order valence-electron chi connectivity index (χ0n) is 12.1. The van der Waals surface area contributed by atoms with Crippen LogP contribution < -0.4 is 15.8 Å². The van der Waals surface area contributed by atoms with Gasteiger partial charge in [-0.3, -0.25) is 4.79 Å². The molecule has 0 aliphatic carbocycles. The Bertz CT molecular complexity index is 593. The average Bonchev–Trinajstić information content (AvgIpc) is 2.94. The van der Waals surface area contributed by atoms with Crippen LogP contribution in [0, 0.1) is 0 Å². The van der Waals surface area contributed by atoms with Gasteiger partial charge in [-0.2, -0.15) is 0 Å². The smallest absolute Gasteiger partial charge is 0.226 e. The maximum Gasteiger partial charge on any atom is 0.226 e. The van der Waals surface area contributed by atoms with Gasteiger partial charge in [0, 0.05) is 11.9 Å². The van der Waals surface area contributed by atoms with Crippen LogP contribution in [0.15, 0.2) is 29.6 Å². The van der Waals surface area contributed by atoms with Crippen molar-refractivity contribution in [1.29, 1.82) is 0 Å². The lowest BCUT2D eigenvalue weighted by molar-refractivity contribution is -0.120. The third-order valence-corrected chi connectivity index (χ3v) is 4.04. The molecule has 1 amide bonds. The highest BCUT2D eigenvalue weighted by Gasteiger charge is 2.09. The van der Waals surface area contributed by atoms with E-state index in [1.807, 2.05) is 36.6 Å². The molecule has 6 heteroatoms. The minimum Gasteiger partial charge on any atom is -0.497 e. The van der Waals surface area contributed by atoms with Crippen LogP contribution in [0.25, 0.3) is 0 Å². The topological polar surface area (TPSA) is 77.2 Å². The van der Waals surface area contributed by atoms with E-state index < -0.39 is 0 Å². The van der Waals surface area contributed by atoms with Crippen molar-refractivity contribution in [3.8, 4) is 5.75 Å². The number of rotatable bonds is 6. The molecule has 1 atom stereocenters. The summed E-state index contributed by atoms with van der Waals surface area (Å²) in [7, 11) is 1.63. The van der Waals surface area contributed by atoms with Gasteiger partial charge in [-0.15, -0.1) is 11.3 Å². The molecule has 3 N–H and O–H groups in total. The van der Waals surface area contributed by atoms with Gasteiger partial charge in [0.15, 0.2) is 0 Å². The van der Waals surface area contributed by atoms with E-state index in [4.69, 9.17) is 10.5 Å². The minimum atomic E-state index is -0.0916. The second-order valence-corrected chi connectivity index (χ2v) is 5.66. The number of thiazole rings is 1. The van der Waals surface area contributed by atoms with E-state index in [2.05, 4.69) is 10.3 Å². The summed E-state index contributed by atoms with van der Waals surface area (Å²) in [6.45, 7) is 2.37. The van der Waals surface area contributed by atoms with E-state index in [9.17, 15) is 4.79 Å². The molecule has 112 valence electrons. The van der Waals surface area contributed by atoms with Gasteiger partial charge >= 0.3 is 0 Å². The van der Waals surface area contributed by atoms with E-state index in [0.717, 1.165) is 22.0 Å². The van der Waals surface area contributed by atoms with Crippen molar-refractivity contribution in [2.75, 3.05) is 7.11 Å². The first-order valence-electron chi connectivity index (χ1n) is 6.68. The molecule has 0 spiro atoms. The Hall–Kier alpha value is -1.92. The van der Waals surface area contributed by atoms with Gasteiger partial charge in [-0.05, 0) is 24.6 Å². The Morgan fingerprint density at radius 1 is 1.43 bits per heavy atom. The highest BCUT2D eigenvalue weighted by Crippen LogP contribution is 2.16. The molecule has 0 bridgehead atoms. The number of aromatic nitrogens is 1. The average molecular weight is 305 g/mol. The highest BCUT2D eigenvalue weighted by molar-refractivity contribution is 7.09. The summed E-state index contributed by atoms with van der Waals surface area (Å²) in [5.41, 5.74) is 7.54. The van der Waals surface area contributed by atoms with Gasteiger partial charge in [-0.1, -0.05) is 12.1 Å². The van der Waals surface area contributed by atoms with Crippen LogP contribution in [0.2, 0.25) is 0 Å². The van der Waals surface area contributed by atoms with E-state index in [0.29, 0.717) is 6.54 Å². The number of hydrogen-bond acceptors (Lipinski definition) is 5. The van der Waals surface area contributed by atoms with Gasteiger partial charge in [0.1, 0.15) is 10.8 Å². The molecule has 1 heterocycles. The lowest BCUT2D eigenvalue weighted by Gasteiger charge is -2.05. The number of nitrogens with one attached hydrogen (secondary N) is 1. The van der Waals surface area contributed by atoms with E-state index in [-0.39, 0.29) is 18.4 Å². The Morgan fingerprint density at radius 3 is 2.71 bits per heavy atom. The fourth-order valence-electron chi connectivity index (χ4n) is 1.78. The molecule has 5 nitrogen and oxygen atoms in total. The minimum absolute atomic E-state index is 0.0488. The number of nitrogens with two attached hydrogens (primary N) is 1. The Labute approximate surface area is 128 Å². The fraction of sp³-hybridized carbons (Fsp3) is 0.333. The van der Waals surface area contributed by atoms with Crippen LogP contribution in [0.5, 0.6) is 5.75 Å². The summed E-state index contributed by atoms with van der Waals surface area (Å²) in [6, 6.07) is 7.51. The second-order valence-electron chi connectivity index (χ2n) is 4.77. The number of carbonyl (C=O) groups excluding carboxylic acids is 1. The summed E-state index contributed by atoms with van der Waals surface area (Å²) in [4.78, 5) is 16.2. The molecule has 0 radical (unpaired) electrons. The van der Waals surface area contributed by atoms with Crippen molar-refractivity contribution in [3.63, 3.8) is 0 Å². The number of carbonyl (C=O) groups is 1. The first-order valence-corrected chi connectivity index (χ1v) is 7.56. The Kier molecular flexibility index (Phi) is 5.30. The first-order chi connectivity index (χ1) is 10.1. The second kappa shape index (κ2) is 7.19. The number of methoxy groups -OCH3 is 1. The number of amides is 1. The van der Waals surface area contributed by atoms with Crippen molar-refractivity contribution < 1.29 is 9.53 Å². The third kappa shape index (κ3) is 4.54. The number of benzene rings is 1. The molecule has 0 saturated carbocycles. The quantitative estimate of drug-likeness (QED) is 0.856. The van der Waals surface area contributed by atoms with Gasteiger partial charge < -0.3 is 15.8 Å². The largest absolute Gasteiger partial charge is 0.497 e. The van der Waals surface area contributed by atoms with Crippen molar-refractivity contribution in [2.24, 2.45) is 5.73 Å². The summed E-state index contributed by atoms with van der Waals surface area (Å²) in [5, 5.41) is 5.61. The van der Waals surface area contributed by atoms with Crippen LogP contribution in [0.1, 0.15) is 29.2 Å². The van der Waals surface area contributed by atoms with Crippen LogP contribution in [-0.4, -0.2) is 18.0 Å². The predicted octanol–water partition coefficient (Wildman–Crippen LogP) is 2.03. The molecular weight excluding hydrogens is 286 g/mol. The third-order valence-electron chi connectivity index (χ3n) is 2.95. The molecule has 0 fully saturated rings. The number of nitrogens with zero attached hydrogens (tertiary/aromatic N) is 1. The van der Waals surface area contributed by atoms with E-state index in [1.54, 1.807) is 7.11 Å². The summed E-state index contributed by atoms with van der Waals surface area (Å²) < 4.78 is 5.09. The lowest BCUT2D eigenvalue weighted by atomic mass is 10.2. The Morgan fingerprint density at radius 2 is 2.14 bits per heavy atom. The molecular formula is C15H19N3O2S. The molecule has 0 aliphatic heterocycles. The molecule has 1 aromatic heterocycles. The van der Waals surface area contributed by atoms with Crippen molar-refractivity contribution in [3.05, 3.63) is 45.9 Å². The standard InChI is InChI=1S/C15H19N3O2S/c1-10(16)15-18-12(9-21-15)7-14(19)17-8-11-3-5-13(20-2)6-4-11/h3-6,9-10H,7-8,16H2,1-2H3,(H,17,19). The van der Waals surface area contributed by atoms with Gasteiger partial charge in [-0.25, -0.2) is 4.98 Å². The molecule has 0 saturated heterocycles. The van der Waals surface area contributed by atoms with Crippen LogP contribution in [0.4, 0.5) is 0 Å². The van der Waals surface area contributed by atoms with Crippen molar-refractivity contribution >= 4 is 17.2 Å². The molecule has 2 rings (SSSR count). The molecule has 21 heavy (non-hydrogen) atoms. The summed E-state index contributed by atoms with van der Waals surface area (Å²) in [5.74, 6) is 0.753. The lowest BCUT2D eigenvalue weighted by Crippen LogP contribution is -2.24. The van der Waals surface area contributed by atoms with Gasteiger partial charge in [0.05, 0.1) is 25.3 Å². The zero-order chi connectivity index (χ0) is 15.2. The van der Waals surface area contributed by atoms with Crippen LogP contribution in [-0.2, 0) is 17.8 Å². The monoisotopic (exact) mass is 305 g/mol. The first kappa shape index (κ1) is 15.5. The van der Waals surface area contributed by atoms with Crippen LogP contribution in [0.3, 0.4) is 0 Å². The summed E-state index contributed by atoms with van der Waals surface area (Å²) in [6.07, 6.45) is 0.277. The molecule has 2 aromatic rings. The number of hydrogen-bond donors (Lipinski definition) is 2. The SMILES string of the molecule is COc1ccc(CNC(=O)Cc2csc(C(C)N)n2)cc1. The Balaban J connectivity index is 1.83. The predicted molar refractivity (Wildman–Crippen MR) is 83.3 cm³/mol. The fourth-order valence-corrected chi connectivity index (χ4v) is 2.56. The number of ether oxygens (including phenoxy) is 1. The van der Waals surface area contributed by atoms with Gasteiger partial charge in [0.2, 0.25) is 5.91 Å². The molecule has 1 unspecified atom stereocenters. The van der Waals surface area contributed by atoms with Crippen LogP contribution >= 0.6 is 11.3 Å². The highest BCUT2D eigenvalue weighted by atomic mass is 32.1. The molecule has 0 aliphatic rings. The van der Waals surface area contributed by atoms with Gasteiger partial charge in [0.25, 0.3) is 0 Å². The van der Waals surface area contributed by atoms with Crippen molar-refractivity contribution in [2.45, 2.75) is 25.9 Å². The maximum atomic E-state index is 11.9. The van der Waals surface area contributed by atoms with Crippen molar-refractivity contribution in [1.82, 2.24) is 10.3 Å². The van der Waals surface area contributed by atoms with E-state index >= 15 is 0 Å².